The van der Waals surface area contributed by atoms with Crippen LogP contribution >= 0.6 is 0 Å². The lowest BCUT2D eigenvalue weighted by atomic mass is 10.0. The van der Waals surface area contributed by atoms with Crippen molar-refractivity contribution in [3.8, 4) is 57.0 Å². The summed E-state index contributed by atoms with van der Waals surface area (Å²) in [4.78, 5) is 48.2. The maximum absolute atomic E-state index is 13.3. The normalized spacial score (nSPS) is 12.0. The molecule has 402 valence electrons. The maximum atomic E-state index is 13.3. The van der Waals surface area contributed by atoms with Crippen molar-refractivity contribution < 1.29 is 50.9 Å². The molecule has 6 aromatic heterocycles. The van der Waals surface area contributed by atoms with Gasteiger partial charge in [0.15, 0.2) is 11.3 Å². The molecule has 25 heteroatoms. The van der Waals surface area contributed by atoms with Gasteiger partial charge in [-0.15, -0.1) is 0 Å². The maximum Gasteiger partial charge on any atom is 0.387 e. The molecule has 5 N–H and O–H groups in total. The zero-order valence-corrected chi connectivity index (χ0v) is 42.1. The molecule has 0 aliphatic carbocycles. The Morgan fingerprint density at radius 1 is 0.658 bits per heavy atom. The molecule has 0 radical (unpaired) electrons. The third-order valence-electron chi connectivity index (χ3n) is 12.4. The SMILES string of the molecule is Cc1ccc(Oc2ccc(OC(F)F)c(-c3[nH]ncc3NC(=O)c3cnn4cccnc34)c2)cc1CC(=O)N(C)C.O=C(Nc1cn[nH]c1-c1cc(Oc2ccc3c(c2)CNCC3)ccc1OC(F)F)c1cnn2cccnc12. The Kier molecular flexibility index (Phi) is 15.2. The molecule has 0 unspecified atom stereocenters. The predicted octanol–water partition coefficient (Wildman–Crippen LogP) is 9.12. The van der Waals surface area contributed by atoms with Crippen molar-refractivity contribution in [3.05, 3.63) is 168 Å². The predicted molar refractivity (Wildman–Crippen MR) is 279 cm³/mol. The monoisotopic (exact) mass is 1080 g/mol. The summed E-state index contributed by atoms with van der Waals surface area (Å²) in [5, 5.41) is 30.6. The van der Waals surface area contributed by atoms with E-state index in [-0.39, 0.29) is 68.8 Å². The molecule has 3 amide bonds. The van der Waals surface area contributed by atoms with E-state index < -0.39 is 25.0 Å². The van der Waals surface area contributed by atoms with Crippen LogP contribution in [-0.2, 0) is 24.2 Å². The van der Waals surface area contributed by atoms with Gasteiger partial charge >= 0.3 is 13.2 Å². The molecular formula is C54H46F4N14O7. The second-order valence-electron chi connectivity index (χ2n) is 17.8. The Morgan fingerprint density at radius 2 is 1.16 bits per heavy atom. The molecule has 0 fully saturated rings. The summed E-state index contributed by atoms with van der Waals surface area (Å²) in [5.41, 5.74) is 6.62. The van der Waals surface area contributed by atoms with Crippen LogP contribution in [0.5, 0.6) is 34.5 Å². The molecule has 4 aromatic carbocycles. The first-order valence-corrected chi connectivity index (χ1v) is 24.2. The lowest BCUT2D eigenvalue weighted by Gasteiger charge is -2.18. The number of nitrogens with zero attached hydrogens (tertiary/aromatic N) is 9. The fourth-order valence-corrected chi connectivity index (χ4v) is 8.48. The molecule has 79 heavy (non-hydrogen) atoms. The first kappa shape index (κ1) is 52.3. The van der Waals surface area contributed by atoms with Crippen molar-refractivity contribution in [1.82, 2.24) is 59.8 Å². The van der Waals surface area contributed by atoms with Gasteiger partial charge in [0.05, 0.1) is 54.0 Å². The van der Waals surface area contributed by atoms with Crippen molar-refractivity contribution in [3.63, 3.8) is 0 Å². The number of carbonyl (C=O) groups excluding carboxylic acids is 3. The number of hydrogen-bond acceptors (Lipinski definition) is 14. The minimum atomic E-state index is -3.10. The highest BCUT2D eigenvalue weighted by Crippen LogP contribution is 2.41. The summed E-state index contributed by atoms with van der Waals surface area (Å²) in [6.07, 6.45) is 13.0. The zero-order valence-electron chi connectivity index (χ0n) is 42.1. The number of rotatable bonds is 16. The van der Waals surface area contributed by atoms with E-state index >= 15 is 0 Å². The van der Waals surface area contributed by atoms with Gasteiger partial charge in [-0.1, -0.05) is 12.1 Å². The molecule has 11 rings (SSSR count). The van der Waals surface area contributed by atoms with Crippen molar-refractivity contribution in [2.24, 2.45) is 0 Å². The number of likely N-dealkylation sites (N-methyl/N-ethyl adjacent to an activating group) is 1. The van der Waals surface area contributed by atoms with Gasteiger partial charge in [0, 0.05) is 56.6 Å². The quantitative estimate of drug-likeness (QED) is 0.0567. The summed E-state index contributed by atoms with van der Waals surface area (Å²) in [6.45, 7) is -2.58. The lowest BCUT2D eigenvalue weighted by Crippen LogP contribution is -2.23. The van der Waals surface area contributed by atoms with Crippen LogP contribution in [0.4, 0.5) is 28.9 Å². The molecule has 0 bridgehead atoms. The number of nitrogens with one attached hydrogen (secondary N) is 5. The van der Waals surface area contributed by atoms with Crippen molar-refractivity contribution in [2.75, 3.05) is 31.3 Å². The van der Waals surface area contributed by atoms with E-state index in [1.165, 1.54) is 80.8 Å². The van der Waals surface area contributed by atoms with Gasteiger partial charge in [-0.3, -0.25) is 24.6 Å². The van der Waals surface area contributed by atoms with Crippen molar-refractivity contribution in [1.29, 1.82) is 0 Å². The number of aryl methyl sites for hydroxylation is 1. The highest BCUT2D eigenvalue weighted by molar-refractivity contribution is 6.10. The van der Waals surface area contributed by atoms with E-state index in [9.17, 15) is 31.9 Å². The molecule has 10 aromatic rings. The molecule has 1 aliphatic rings. The standard InChI is InChI=1S/C28H25F2N7O4.C26H21F2N7O3/c1-16-5-6-18(11-17(16)12-24(38)36(2)3)40-19-7-8-23(41-28(29)30)20(13-19)25-22(15-32-35-25)34-27(39)21-14-33-37-10-4-9-31-26(21)37;27-26(28)38-22-5-4-18(37-17-3-2-15-6-8-29-12-16(15)10-17)11-19(22)23-21(14-31-34-23)33-25(36)20-13-32-35-9-1-7-30-24(20)35/h4-11,13-15,28H,12H2,1-3H3,(H,32,35)(H,34,39);1-5,7,9-11,13-14,26,29H,6,8,12H2,(H,31,34)(H,33,36). The third kappa shape index (κ3) is 12.0. The van der Waals surface area contributed by atoms with Gasteiger partial charge in [-0.05, 0) is 115 Å². The molecule has 0 saturated carbocycles. The molecule has 0 spiro atoms. The fraction of sp³-hybridized carbons (Fsp3) is 0.167. The zero-order chi connectivity index (χ0) is 55.2. The van der Waals surface area contributed by atoms with Gasteiger partial charge in [0.25, 0.3) is 11.8 Å². The smallest absolute Gasteiger partial charge is 0.387 e. The van der Waals surface area contributed by atoms with Crippen LogP contribution in [0.15, 0.2) is 135 Å². The Hall–Kier alpha value is -10.2. The Morgan fingerprint density at radius 3 is 1.70 bits per heavy atom. The molecule has 21 nitrogen and oxygen atoms in total. The Balaban J connectivity index is 0.000000179. The van der Waals surface area contributed by atoms with Crippen LogP contribution in [-0.4, -0.2) is 106 Å². The largest absolute Gasteiger partial charge is 0.457 e. The first-order valence-electron chi connectivity index (χ1n) is 24.2. The average molecular weight is 1080 g/mol. The van der Waals surface area contributed by atoms with Crippen LogP contribution in [0.25, 0.3) is 33.8 Å². The topological polar surface area (TPSA) is 245 Å². The van der Waals surface area contributed by atoms with Crippen molar-refractivity contribution >= 4 is 40.4 Å². The number of carbonyl (C=O) groups is 3. The van der Waals surface area contributed by atoms with Gasteiger partial charge in [0.2, 0.25) is 5.91 Å². The number of amides is 3. The molecular weight excluding hydrogens is 1030 g/mol. The molecule has 7 heterocycles. The van der Waals surface area contributed by atoms with E-state index in [0.717, 1.165) is 36.2 Å². The number of halogens is 4. The number of fused-ring (bicyclic) bond motifs is 3. The number of H-pyrrole nitrogens is 2. The number of ether oxygens (including phenoxy) is 4. The van der Waals surface area contributed by atoms with Crippen LogP contribution in [0, 0.1) is 6.92 Å². The van der Waals surface area contributed by atoms with Crippen LogP contribution in [0.1, 0.15) is 43.0 Å². The van der Waals surface area contributed by atoms with Gasteiger partial charge in [-0.25, -0.2) is 19.0 Å². The van der Waals surface area contributed by atoms with E-state index in [1.54, 1.807) is 63.0 Å². The number of aromatic amines is 2. The van der Waals surface area contributed by atoms with Crippen LogP contribution in [0.2, 0.25) is 0 Å². The molecule has 1 aliphatic heterocycles. The van der Waals surface area contributed by atoms with E-state index in [4.69, 9.17) is 18.9 Å². The number of anilines is 2. The van der Waals surface area contributed by atoms with Crippen LogP contribution in [0.3, 0.4) is 0 Å². The van der Waals surface area contributed by atoms with Crippen LogP contribution < -0.4 is 34.9 Å². The first-order chi connectivity index (χ1) is 38.2. The van der Waals surface area contributed by atoms with E-state index in [0.29, 0.717) is 34.3 Å². The highest BCUT2D eigenvalue weighted by Gasteiger charge is 2.24. The van der Waals surface area contributed by atoms with E-state index in [1.807, 2.05) is 31.2 Å². The Labute approximate surface area is 445 Å². The minimum Gasteiger partial charge on any atom is -0.457 e. The summed E-state index contributed by atoms with van der Waals surface area (Å²) >= 11 is 0. The summed E-state index contributed by atoms with van der Waals surface area (Å²) in [5.74, 6) is 0.402. The average Bonchev–Trinajstić information content (AvgIpc) is 4.30. The van der Waals surface area contributed by atoms with E-state index in [2.05, 4.69) is 56.5 Å². The fourth-order valence-electron chi connectivity index (χ4n) is 8.48. The molecule has 0 saturated heterocycles. The van der Waals surface area contributed by atoms with Gasteiger partial charge < -0.3 is 39.8 Å². The second kappa shape index (κ2) is 23.0. The highest BCUT2D eigenvalue weighted by atomic mass is 19.3. The number of benzene rings is 4. The summed E-state index contributed by atoms with van der Waals surface area (Å²) < 4.78 is 77.5. The number of hydrogen-bond donors (Lipinski definition) is 5. The van der Waals surface area contributed by atoms with Crippen molar-refractivity contribution in [2.45, 2.75) is 39.5 Å². The number of alkyl halides is 4. The summed E-state index contributed by atoms with van der Waals surface area (Å²) in [7, 11) is 3.37. The Bertz CT molecular complexity index is 3860. The lowest BCUT2D eigenvalue weighted by molar-refractivity contribution is -0.128. The minimum absolute atomic E-state index is 0.0604. The van der Waals surface area contributed by atoms with Gasteiger partial charge in [-0.2, -0.15) is 38.0 Å². The third-order valence-corrected chi connectivity index (χ3v) is 12.4. The summed E-state index contributed by atoms with van der Waals surface area (Å²) in [6, 6.07) is 23.3. The second-order valence-corrected chi connectivity index (χ2v) is 17.8. The molecule has 0 atom stereocenters. The number of aromatic nitrogens is 10. The van der Waals surface area contributed by atoms with Gasteiger partial charge in [0.1, 0.15) is 45.6 Å².